The molecule has 1 N–H and O–H groups in total. The molecular formula is C14H19NO3. The molecular weight excluding hydrogens is 230 g/mol. The van der Waals surface area contributed by atoms with Crippen molar-refractivity contribution in [3.63, 3.8) is 0 Å². The summed E-state index contributed by atoms with van der Waals surface area (Å²) in [6.45, 7) is 4.59. The van der Waals surface area contributed by atoms with Crippen molar-refractivity contribution >= 4 is 5.97 Å². The summed E-state index contributed by atoms with van der Waals surface area (Å²) in [5, 5.41) is 8.96. The molecule has 0 saturated heterocycles. The largest absolute Gasteiger partial charge is 0.480 e. The highest BCUT2D eigenvalue weighted by atomic mass is 16.5. The van der Waals surface area contributed by atoms with Crippen molar-refractivity contribution in [2.45, 2.75) is 6.04 Å². The first-order valence-electron chi connectivity index (χ1n) is 5.79. The maximum absolute atomic E-state index is 10.9. The van der Waals surface area contributed by atoms with Crippen LogP contribution < -0.4 is 0 Å². The van der Waals surface area contributed by atoms with Crippen molar-refractivity contribution in [1.82, 2.24) is 4.90 Å². The summed E-state index contributed by atoms with van der Waals surface area (Å²) in [6, 6.07) is 9.67. The van der Waals surface area contributed by atoms with E-state index in [4.69, 9.17) is 9.84 Å². The third kappa shape index (κ3) is 4.31. The summed E-state index contributed by atoms with van der Waals surface area (Å²) in [5.74, 6) is -0.853. The van der Waals surface area contributed by atoms with Gasteiger partial charge in [0.25, 0.3) is 0 Å². The molecule has 0 aromatic heterocycles. The smallest absolute Gasteiger partial charge is 0.317 e. The Morgan fingerprint density at radius 1 is 1.50 bits per heavy atom. The van der Waals surface area contributed by atoms with Crippen molar-refractivity contribution < 1.29 is 14.6 Å². The summed E-state index contributed by atoms with van der Waals surface area (Å²) < 4.78 is 5.20. The zero-order valence-corrected chi connectivity index (χ0v) is 10.6. The quantitative estimate of drug-likeness (QED) is 0.715. The number of nitrogens with zero attached hydrogens (tertiary/aromatic N) is 1. The molecule has 0 heterocycles. The molecule has 0 aliphatic carbocycles. The van der Waals surface area contributed by atoms with Crippen LogP contribution in [0, 0.1) is 0 Å². The van der Waals surface area contributed by atoms with Crippen LogP contribution in [0.25, 0.3) is 0 Å². The van der Waals surface area contributed by atoms with Gasteiger partial charge < -0.3 is 9.84 Å². The Labute approximate surface area is 107 Å². The Morgan fingerprint density at radius 3 is 2.67 bits per heavy atom. The number of carboxylic acid groups (broad SMARTS) is 1. The van der Waals surface area contributed by atoms with E-state index in [1.165, 1.54) is 0 Å². The highest BCUT2D eigenvalue weighted by molar-refractivity contribution is 5.69. The Morgan fingerprint density at radius 2 is 2.17 bits per heavy atom. The minimum absolute atomic E-state index is 0.0328. The summed E-state index contributed by atoms with van der Waals surface area (Å²) in [6.07, 6.45) is 1.70. The maximum Gasteiger partial charge on any atom is 0.317 e. The van der Waals surface area contributed by atoms with Crippen molar-refractivity contribution in [3.05, 3.63) is 48.6 Å². The van der Waals surface area contributed by atoms with E-state index in [-0.39, 0.29) is 12.6 Å². The number of hydrogen-bond acceptors (Lipinski definition) is 3. The Hall–Kier alpha value is -1.65. The normalized spacial score (nSPS) is 12.3. The predicted octanol–water partition coefficient (Wildman–Crippen LogP) is 1.95. The maximum atomic E-state index is 10.9. The van der Waals surface area contributed by atoms with E-state index >= 15 is 0 Å². The molecule has 0 bridgehead atoms. The molecule has 1 atom stereocenters. The van der Waals surface area contributed by atoms with Crippen LogP contribution in [0.5, 0.6) is 0 Å². The first kappa shape index (κ1) is 14.4. The third-order valence-corrected chi connectivity index (χ3v) is 2.65. The van der Waals surface area contributed by atoms with Crippen molar-refractivity contribution in [2.24, 2.45) is 0 Å². The SMILES string of the molecule is C=CCN(CC(=O)O)C(COC)c1ccccc1. The van der Waals surface area contributed by atoms with Gasteiger partial charge in [-0.1, -0.05) is 36.4 Å². The molecule has 4 nitrogen and oxygen atoms in total. The number of ether oxygens (including phenoxy) is 1. The first-order chi connectivity index (χ1) is 8.69. The molecule has 0 aliphatic heterocycles. The summed E-state index contributed by atoms with van der Waals surface area (Å²) in [4.78, 5) is 12.7. The van der Waals surface area contributed by atoms with E-state index in [2.05, 4.69) is 6.58 Å². The number of hydrogen-bond donors (Lipinski definition) is 1. The minimum atomic E-state index is -0.853. The fourth-order valence-electron chi connectivity index (χ4n) is 1.89. The molecule has 1 rings (SSSR count). The minimum Gasteiger partial charge on any atom is -0.480 e. The molecule has 0 spiro atoms. The van der Waals surface area contributed by atoms with Crippen LogP contribution in [0.1, 0.15) is 11.6 Å². The van der Waals surface area contributed by atoms with Gasteiger partial charge in [-0.3, -0.25) is 9.69 Å². The molecule has 0 amide bonds. The van der Waals surface area contributed by atoms with E-state index < -0.39 is 5.97 Å². The lowest BCUT2D eigenvalue weighted by Gasteiger charge is -2.29. The van der Waals surface area contributed by atoms with Crippen molar-refractivity contribution in [3.8, 4) is 0 Å². The van der Waals surface area contributed by atoms with Crippen LogP contribution in [0.4, 0.5) is 0 Å². The van der Waals surface area contributed by atoms with Gasteiger partial charge in [0.15, 0.2) is 0 Å². The number of methoxy groups -OCH3 is 1. The Kier molecular flexibility index (Phi) is 6.11. The number of benzene rings is 1. The molecule has 0 saturated carbocycles. The average molecular weight is 249 g/mol. The fourth-order valence-corrected chi connectivity index (χ4v) is 1.89. The van der Waals surface area contributed by atoms with Crippen molar-refractivity contribution in [1.29, 1.82) is 0 Å². The van der Waals surface area contributed by atoms with Crippen LogP contribution in [0.2, 0.25) is 0 Å². The standard InChI is InChI=1S/C14H19NO3/c1-3-9-15(10-14(16)17)13(11-18-2)12-7-5-4-6-8-12/h3-8,13H,1,9-11H2,2H3,(H,16,17). The summed E-state index contributed by atoms with van der Waals surface area (Å²) >= 11 is 0. The molecule has 1 aromatic carbocycles. The van der Waals surface area contributed by atoms with Gasteiger partial charge in [-0.2, -0.15) is 0 Å². The number of aliphatic carboxylic acids is 1. The molecule has 0 aliphatic rings. The van der Waals surface area contributed by atoms with Gasteiger partial charge in [-0.25, -0.2) is 0 Å². The highest BCUT2D eigenvalue weighted by Crippen LogP contribution is 2.20. The lowest BCUT2D eigenvalue weighted by molar-refractivity contribution is -0.139. The summed E-state index contributed by atoms with van der Waals surface area (Å²) in [7, 11) is 1.61. The van der Waals surface area contributed by atoms with Gasteiger partial charge in [-0.05, 0) is 5.56 Å². The van der Waals surface area contributed by atoms with Crippen LogP contribution in [-0.2, 0) is 9.53 Å². The Balaban J connectivity index is 2.92. The zero-order chi connectivity index (χ0) is 13.4. The Bertz CT molecular complexity index is 378. The first-order valence-corrected chi connectivity index (χ1v) is 5.79. The van der Waals surface area contributed by atoms with Crippen LogP contribution in [0.15, 0.2) is 43.0 Å². The van der Waals surface area contributed by atoms with Gasteiger partial charge >= 0.3 is 5.97 Å². The predicted molar refractivity (Wildman–Crippen MR) is 70.5 cm³/mol. The monoisotopic (exact) mass is 249 g/mol. The van der Waals surface area contributed by atoms with Gasteiger partial charge in [0.2, 0.25) is 0 Å². The van der Waals surface area contributed by atoms with Gasteiger partial charge in [0.1, 0.15) is 0 Å². The fraction of sp³-hybridized carbons (Fsp3) is 0.357. The van der Waals surface area contributed by atoms with Crippen LogP contribution in [-0.4, -0.2) is 42.8 Å². The average Bonchev–Trinajstić information content (AvgIpc) is 2.36. The van der Waals surface area contributed by atoms with E-state index in [1.807, 2.05) is 35.2 Å². The van der Waals surface area contributed by atoms with Gasteiger partial charge in [0, 0.05) is 13.7 Å². The number of carbonyl (C=O) groups is 1. The van der Waals surface area contributed by atoms with Crippen LogP contribution in [0.3, 0.4) is 0 Å². The topological polar surface area (TPSA) is 49.8 Å². The lowest BCUT2D eigenvalue weighted by atomic mass is 10.1. The van der Waals surface area contributed by atoms with E-state index in [0.29, 0.717) is 13.2 Å². The second-order valence-corrected chi connectivity index (χ2v) is 3.99. The molecule has 18 heavy (non-hydrogen) atoms. The van der Waals surface area contributed by atoms with E-state index in [9.17, 15) is 4.79 Å². The summed E-state index contributed by atoms with van der Waals surface area (Å²) in [5.41, 5.74) is 1.04. The molecule has 98 valence electrons. The zero-order valence-electron chi connectivity index (χ0n) is 10.6. The number of rotatable bonds is 8. The molecule has 0 radical (unpaired) electrons. The third-order valence-electron chi connectivity index (χ3n) is 2.65. The van der Waals surface area contributed by atoms with Crippen molar-refractivity contribution in [2.75, 3.05) is 26.8 Å². The van der Waals surface area contributed by atoms with Gasteiger partial charge in [0.05, 0.1) is 19.2 Å². The molecule has 1 aromatic rings. The molecule has 0 fully saturated rings. The van der Waals surface area contributed by atoms with Crippen LogP contribution >= 0.6 is 0 Å². The molecule has 4 heteroatoms. The van der Waals surface area contributed by atoms with E-state index in [1.54, 1.807) is 13.2 Å². The molecule has 1 unspecified atom stereocenters. The number of carboxylic acids is 1. The highest BCUT2D eigenvalue weighted by Gasteiger charge is 2.21. The van der Waals surface area contributed by atoms with E-state index in [0.717, 1.165) is 5.56 Å². The van der Waals surface area contributed by atoms with Gasteiger partial charge in [-0.15, -0.1) is 6.58 Å². The second-order valence-electron chi connectivity index (χ2n) is 3.99. The lowest BCUT2D eigenvalue weighted by Crippen LogP contribution is -2.36. The second kappa shape index (κ2) is 7.63.